The molecule has 116 valence electrons. The molecule has 0 aliphatic carbocycles. The molecule has 1 fully saturated rings. The number of benzene rings is 1. The molecule has 0 aromatic heterocycles. The Morgan fingerprint density at radius 3 is 2.48 bits per heavy atom. The molecule has 4 nitrogen and oxygen atoms in total. The minimum atomic E-state index is -0.471. The van der Waals surface area contributed by atoms with E-state index in [0.717, 1.165) is 32.5 Å². The minimum Gasteiger partial charge on any atom is -0.353 e. The van der Waals surface area contributed by atoms with Crippen LogP contribution in [0.25, 0.3) is 0 Å². The first-order valence-corrected chi connectivity index (χ1v) is 7.78. The molecule has 1 aliphatic rings. The number of nitrogens with one attached hydrogen (secondary N) is 1. The van der Waals surface area contributed by atoms with Crippen LogP contribution in [0.4, 0.5) is 0 Å². The highest BCUT2D eigenvalue weighted by atomic mass is 16.2. The van der Waals surface area contributed by atoms with Gasteiger partial charge in [0.1, 0.15) is 0 Å². The lowest BCUT2D eigenvalue weighted by Crippen LogP contribution is -2.49. The third kappa shape index (κ3) is 4.55. The van der Waals surface area contributed by atoms with Gasteiger partial charge in [0.15, 0.2) is 0 Å². The Morgan fingerprint density at radius 1 is 1.29 bits per heavy atom. The van der Waals surface area contributed by atoms with E-state index in [1.165, 1.54) is 5.56 Å². The second-order valence-corrected chi connectivity index (χ2v) is 6.60. The molecule has 2 rings (SSSR count). The van der Waals surface area contributed by atoms with E-state index in [0.29, 0.717) is 6.54 Å². The van der Waals surface area contributed by atoms with E-state index in [9.17, 15) is 4.79 Å². The normalized spacial score (nSPS) is 17.7. The molecule has 0 saturated carbocycles. The molecule has 0 bridgehead atoms. The van der Waals surface area contributed by atoms with Gasteiger partial charge in [-0.2, -0.15) is 0 Å². The van der Waals surface area contributed by atoms with Gasteiger partial charge in [0.25, 0.3) is 0 Å². The summed E-state index contributed by atoms with van der Waals surface area (Å²) in [6, 6.07) is 10.8. The number of rotatable bonds is 5. The summed E-state index contributed by atoms with van der Waals surface area (Å²) in [4.78, 5) is 14.6. The first-order valence-electron chi connectivity index (χ1n) is 7.78. The van der Waals surface area contributed by atoms with Gasteiger partial charge < -0.3 is 11.1 Å². The first kappa shape index (κ1) is 16.0. The van der Waals surface area contributed by atoms with Crippen molar-refractivity contribution in [3.05, 3.63) is 35.9 Å². The molecule has 0 atom stereocenters. The minimum absolute atomic E-state index is 0.0755. The molecule has 4 heteroatoms. The van der Waals surface area contributed by atoms with Gasteiger partial charge in [-0.15, -0.1) is 0 Å². The predicted octanol–water partition coefficient (Wildman–Crippen LogP) is 1.75. The van der Waals surface area contributed by atoms with E-state index in [-0.39, 0.29) is 11.9 Å². The standard InChI is InChI=1S/C17H27N3O/c1-17(2,13-18)16(21)19-15-8-10-20(11-9-15)12-14-6-4-3-5-7-14/h3-7,15H,8-13,18H2,1-2H3,(H,19,21). The van der Waals surface area contributed by atoms with Gasteiger partial charge in [-0.3, -0.25) is 9.69 Å². The molecule has 1 saturated heterocycles. The molecule has 0 spiro atoms. The molecular formula is C17H27N3O. The lowest BCUT2D eigenvalue weighted by molar-refractivity contribution is -0.129. The van der Waals surface area contributed by atoms with Crippen LogP contribution in [-0.4, -0.2) is 36.5 Å². The van der Waals surface area contributed by atoms with E-state index in [1.807, 2.05) is 19.9 Å². The van der Waals surface area contributed by atoms with E-state index in [4.69, 9.17) is 5.73 Å². The summed E-state index contributed by atoms with van der Waals surface area (Å²) >= 11 is 0. The van der Waals surface area contributed by atoms with Crippen LogP contribution in [0.2, 0.25) is 0 Å². The highest BCUT2D eigenvalue weighted by molar-refractivity contribution is 5.82. The zero-order chi connectivity index (χ0) is 15.3. The van der Waals surface area contributed by atoms with Crippen molar-refractivity contribution in [2.24, 2.45) is 11.1 Å². The third-order valence-electron chi connectivity index (χ3n) is 4.30. The second kappa shape index (κ2) is 7.05. The quantitative estimate of drug-likeness (QED) is 0.868. The summed E-state index contributed by atoms with van der Waals surface area (Å²) in [6.07, 6.45) is 2.03. The van der Waals surface area contributed by atoms with E-state index < -0.39 is 5.41 Å². The molecule has 1 amide bonds. The monoisotopic (exact) mass is 289 g/mol. The number of hydrogen-bond donors (Lipinski definition) is 2. The number of nitrogens with two attached hydrogens (primary N) is 1. The summed E-state index contributed by atoms with van der Waals surface area (Å²) in [7, 11) is 0. The number of hydrogen-bond acceptors (Lipinski definition) is 3. The molecule has 0 unspecified atom stereocenters. The molecule has 1 aromatic carbocycles. The SMILES string of the molecule is CC(C)(CN)C(=O)NC1CCN(Cc2ccccc2)CC1. The van der Waals surface area contributed by atoms with Crippen molar-refractivity contribution in [3.8, 4) is 0 Å². The fraction of sp³-hybridized carbons (Fsp3) is 0.588. The van der Waals surface area contributed by atoms with Crippen molar-refractivity contribution < 1.29 is 4.79 Å². The van der Waals surface area contributed by atoms with Gasteiger partial charge in [0, 0.05) is 32.2 Å². The third-order valence-corrected chi connectivity index (χ3v) is 4.30. The van der Waals surface area contributed by atoms with Crippen LogP contribution in [-0.2, 0) is 11.3 Å². The van der Waals surface area contributed by atoms with Gasteiger partial charge in [-0.25, -0.2) is 0 Å². The van der Waals surface area contributed by atoms with Gasteiger partial charge in [-0.05, 0) is 32.3 Å². The van der Waals surface area contributed by atoms with E-state index in [2.05, 4.69) is 34.5 Å². The number of carbonyl (C=O) groups excluding carboxylic acids is 1. The second-order valence-electron chi connectivity index (χ2n) is 6.60. The van der Waals surface area contributed by atoms with Crippen molar-refractivity contribution in [1.82, 2.24) is 10.2 Å². The highest BCUT2D eigenvalue weighted by Gasteiger charge is 2.29. The summed E-state index contributed by atoms with van der Waals surface area (Å²) in [6.45, 7) is 7.23. The van der Waals surface area contributed by atoms with Gasteiger partial charge in [-0.1, -0.05) is 30.3 Å². The molecule has 21 heavy (non-hydrogen) atoms. The smallest absolute Gasteiger partial charge is 0.227 e. The zero-order valence-electron chi connectivity index (χ0n) is 13.1. The van der Waals surface area contributed by atoms with Crippen molar-refractivity contribution in [2.45, 2.75) is 39.3 Å². The maximum atomic E-state index is 12.1. The van der Waals surface area contributed by atoms with Crippen molar-refractivity contribution in [1.29, 1.82) is 0 Å². The fourth-order valence-electron chi connectivity index (χ4n) is 2.55. The molecule has 1 heterocycles. The van der Waals surface area contributed by atoms with Gasteiger partial charge >= 0.3 is 0 Å². The zero-order valence-corrected chi connectivity index (χ0v) is 13.1. The summed E-state index contributed by atoms with van der Waals surface area (Å²) < 4.78 is 0. The largest absolute Gasteiger partial charge is 0.353 e. The number of nitrogens with zero attached hydrogens (tertiary/aromatic N) is 1. The summed E-state index contributed by atoms with van der Waals surface area (Å²) in [5.41, 5.74) is 6.53. The van der Waals surface area contributed by atoms with Crippen molar-refractivity contribution in [3.63, 3.8) is 0 Å². The highest BCUT2D eigenvalue weighted by Crippen LogP contribution is 2.17. The van der Waals surface area contributed by atoms with Crippen molar-refractivity contribution in [2.75, 3.05) is 19.6 Å². The van der Waals surface area contributed by atoms with Crippen LogP contribution < -0.4 is 11.1 Å². The fourth-order valence-corrected chi connectivity index (χ4v) is 2.55. The van der Waals surface area contributed by atoms with Crippen LogP contribution in [0.5, 0.6) is 0 Å². The van der Waals surface area contributed by atoms with Gasteiger partial charge in [0.2, 0.25) is 5.91 Å². The number of amides is 1. The van der Waals surface area contributed by atoms with Crippen molar-refractivity contribution >= 4 is 5.91 Å². The Morgan fingerprint density at radius 2 is 1.90 bits per heavy atom. The van der Waals surface area contributed by atoms with Crippen LogP contribution in [0.1, 0.15) is 32.3 Å². The van der Waals surface area contributed by atoms with Crippen LogP contribution in [0.3, 0.4) is 0 Å². The molecular weight excluding hydrogens is 262 g/mol. The predicted molar refractivity (Wildman–Crippen MR) is 85.7 cm³/mol. The van der Waals surface area contributed by atoms with E-state index >= 15 is 0 Å². The molecule has 1 aromatic rings. The van der Waals surface area contributed by atoms with E-state index in [1.54, 1.807) is 0 Å². The Hall–Kier alpha value is -1.39. The van der Waals surface area contributed by atoms with Gasteiger partial charge in [0.05, 0.1) is 5.41 Å². The molecule has 3 N–H and O–H groups in total. The average Bonchev–Trinajstić information content (AvgIpc) is 2.50. The molecule has 0 radical (unpaired) electrons. The molecule has 1 aliphatic heterocycles. The average molecular weight is 289 g/mol. The summed E-state index contributed by atoms with van der Waals surface area (Å²) in [5, 5.41) is 3.15. The lowest BCUT2D eigenvalue weighted by atomic mass is 9.91. The van der Waals surface area contributed by atoms with Crippen LogP contribution in [0, 0.1) is 5.41 Å². The number of carbonyl (C=O) groups is 1. The topological polar surface area (TPSA) is 58.4 Å². The number of likely N-dealkylation sites (tertiary alicyclic amines) is 1. The maximum absolute atomic E-state index is 12.1. The Labute approximate surface area is 127 Å². The Kier molecular flexibility index (Phi) is 5.37. The van der Waals surface area contributed by atoms with Crippen LogP contribution in [0.15, 0.2) is 30.3 Å². The maximum Gasteiger partial charge on any atom is 0.227 e. The lowest BCUT2D eigenvalue weighted by Gasteiger charge is -2.34. The Bertz CT molecular complexity index is 450. The first-order chi connectivity index (χ1) is 10.0. The Balaban J connectivity index is 1.77. The summed E-state index contributed by atoms with van der Waals surface area (Å²) in [5.74, 6) is 0.0755. The number of piperidine rings is 1. The van der Waals surface area contributed by atoms with Crippen LogP contribution >= 0.6 is 0 Å².